The van der Waals surface area contributed by atoms with E-state index in [9.17, 15) is 14.6 Å². The Kier molecular flexibility index (Phi) is 6.75. The first kappa shape index (κ1) is 24.1. The average molecular weight is 540 g/mol. The first-order valence-corrected chi connectivity index (χ1v) is 11.7. The average Bonchev–Trinajstić information content (AvgIpc) is 3.53. The summed E-state index contributed by atoms with van der Waals surface area (Å²) in [5.41, 5.74) is 1.43. The molecule has 2 aromatic heterocycles. The van der Waals surface area contributed by atoms with E-state index < -0.39 is 36.8 Å². The molecule has 4 unspecified atom stereocenters. The molecule has 0 amide bonds. The SMILES string of the molecule is OCC1OC(c2nncn2-c2cc(Cl)ccc2Cl)CC(n2cc(-c3ccc(Cl)c(F)c3)nn2)C1O. The van der Waals surface area contributed by atoms with Crippen LogP contribution in [-0.4, -0.2) is 58.8 Å². The molecule has 1 saturated heterocycles. The molecule has 0 radical (unpaired) electrons. The zero-order valence-electron chi connectivity index (χ0n) is 17.8. The van der Waals surface area contributed by atoms with Crippen LogP contribution < -0.4 is 0 Å². The molecule has 2 aromatic carbocycles. The zero-order chi connectivity index (χ0) is 24.7. The summed E-state index contributed by atoms with van der Waals surface area (Å²) in [7, 11) is 0. The number of hydrogen-bond donors (Lipinski definition) is 2. The number of aliphatic hydroxyl groups excluding tert-OH is 2. The topological polar surface area (TPSA) is 111 Å². The highest BCUT2D eigenvalue weighted by molar-refractivity contribution is 6.34. The summed E-state index contributed by atoms with van der Waals surface area (Å²) in [4.78, 5) is 0. The molecular formula is C22H18Cl3FN6O3. The molecule has 2 N–H and O–H groups in total. The van der Waals surface area contributed by atoms with Crippen molar-refractivity contribution >= 4 is 34.8 Å². The lowest BCUT2D eigenvalue weighted by molar-refractivity contribution is -0.161. The van der Waals surface area contributed by atoms with Crippen molar-refractivity contribution in [2.45, 2.75) is 30.8 Å². The minimum atomic E-state index is -1.10. The van der Waals surface area contributed by atoms with Crippen molar-refractivity contribution in [3.63, 3.8) is 0 Å². The van der Waals surface area contributed by atoms with Gasteiger partial charge in [-0.2, -0.15) is 0 Å². The molecule has 4 aromatic rings. The smallest absolute Gasteiger partial charge is 0.166 e. The van der Waals surface area contributed by atoms with Gasteiger partial charge in [0.2, 0.25) is 0 Å². The highest BCUT2D eigenvalue weighted by atomic mass is 35.5. The van der Waals surface area contributed by atoms with E-state index in [0.29, 0.717) is 32.8 Å². The van der Waals surface area contributed by atoms with E-state index in [1.54, 1.807) is 35.0 Å². The van der Waals surface area contributed by atoms with Crippen molar-refractivity contribution in [3.8, 4) is 16.9 Å². The molecule has 0 aliphatic carbocycles. The second kappa shape index (κ2) is 9.81. The fraction of sp³-hybridized carbons (Fsp3) is 0.273. The van der Waals surface area contributed by atoms with E-state index in [0.717, 1.165) is 0 Å². The second-order valence-electron chi connectivity index (χ2n) is 8.01. The summed E-state index contributed by atoms with van der Waals surface area (Å²) in [5, 5.41) is 38.1. The van der Waals surface area contributed by atoms with Gasteiger partial charge in [-0.25, -0.2) is 9.07 Å². The molecule has 3 heterocycles. The lowest BCUT2D eigenvalue weighted by Crippen LogP contribution is -2.45. The zero-order valence-corrected chi connectivity index (χ0v) is 20.1. The molecule has 0 saturated carbocycles. The molecule has 1 aliphatic heterocycles. The first-order valence-electron chi connectivity index (χ1n) is 10.5. The molecule has 1 fully saturated rings. The van der Waals surface area contributed by atoms with Crippen molar-refractivity contribution in [2.75, 3.05) is 6.61 Å². The Morgan fingerprint density at radius 1 is 1.09 bits per heavy atom. The number of aromatic nitrogens is 6. The van der Waals surface area contributed by atoms with Gasteiger partial charge in [-0.05, 0) is 30.3 Å². The molecule has 35 heavy (non-hydrogen) atoms. The number of halogens is 4. The van der Waals surface area contributed by atoms with Gasteiger partial charge in [0.05, 0.1) is 34.6 Å². The van der Waals surface area contributed by atoms with E-state index in [2.05, 4.69) is 20.5 Å². The Hall–Kier alpha value is -2.60. The van der Waals surface area contributed by atoms with Crippen LogP contribution in [0.25, 0.3) is 16.9 Å². The van der Waals surface area contributed by atoms with Gasteiger partial charge < -0.3 is 14.9 Å². The Morgan fingerprint density at radius 2 is 1.89 bits per heavy atom. The number of aliphatic hydroxyl groups is 2. The van der Waals surface area contributed by atoms with E-state index in [1.165, 1.54) is 23.1 Å². The Bertz CT molecular complexity index is 1370. The van der Waals surface area contributed by atoms with Crippen LogP contribution in [0, 0.1) is 5.82 Å². The number of nitrogens with zero attached hydrogens (tertiary/aromatic N) is 6. The Balaban J connectivity index is 1.48. The van der Waals surface area contributed by atoms with Gasteiger partial charge in [0.1, 0.15) is 36.2 Å². The molecule has 182 valence electrons. The highest BCUT2D eigenvalue weighted by Crippen LogP contribution is 2.38. The van der Waals surface area contributed by atoms with Crippen molar-refractivity contribution in [2.24, 2.45) is 0 Å². The number of benzene rings is 2. The minimum absolute atomic E-state index is 0.00135. The second-order valence-corrected chi connectivity index (χ2v) is 9.26. The predicted octanol–water partition coefficient (Wildman–Crippen LogP) is 4.05. The predicted molar refractivity (Wildman–Crippen MR) is 126 cm³/mol. The van der Waals surface area contributed by atoms with Gasteiger partial charge in [0.15, 0.2) is 5.82 Å². The van der Waals surface area contributed by atoms with Crippen LogP contribution in [0.1, 0.15) is 24.4 Å². The fourth-order valence-electron chi connectivity index (χ4n) is 4.08. The lowest BCUT2D eigenvalue weighted by Gasteiger charge is -2.38. The molecule has 1 aliphatic rings. The molecule has 9 nitrogen and oxygen atoms in total. The monoisotopic (exact) mass is 538 g/mol. The van der Waals surface area contributed by atoms with Gasteiger partial charge in [0.25, 0.3) is 0 Å². The number of ether oxygens (including phenoxy) is 1. The van der Waals surface area contributed by atoms with Crippen LogP contribution >= 0.6 is 34.8 Å². The van der Waals surface area contributed by atoms with Crippen LogP contribution in [0.5, 0.6) is 0 Å². The fourth-order valence-corrected chi connectivity index (χ4v) is 4.57. The minimum Gasteiger partial charge on any atom is -0.394 e. The van der Waals surface area contributed by atoms with Gasteiger partial charge in [0, 0.05) is 17.0 Å². The maximum Gasteiger partial charge on any atom is 0.166 e. The largest absolute Gasteiger partial charge is 0.394 e. The van der Waals surface area contributed by atoms with Crippen molar-refractivity contribution in [1.29, 1.82) is 0 Å². The third-order valence-corrected chi connectivity index (χ3v) is 6.71. The molecule has 4 atom stereocenters. The number of rotatable bonds is 5. The van der Waals surface area contributed by atoms with E-state index in [-0.39, 0.29) is 11.4 Å². The van der Waals surface area contributed by atoms with Gasteiger partial charge in [-0.15, -0.1) is 15.3 Å². The normalized spacial score (nSPS) is 22.5. The third-order valence-electron chi connectivity index (χ3n) is 5.84. The molecular weight excluding hydrogens is 522 g/mol. The highest BCUT2D eigenvalue weighted by Gasteiger charge is 2.41. The first-order chi connectivity index (χ1) is 16.9. The van der Waals surface area contributed by atoms with E-state index >= 15 is 0 Å². The Morgan fingerprint density at radius 3 is 2.66 bits per heavy atom. The maximum absolute atomic E-state index is 13.9. The van der Waals surface area contributed by atoms with E-state index in [1.807, 2.05) is 0 Å². The van der Waals surface area contributed by atoms with Crippen LogP contribution in [0.15, 0.2) is 48.9 Å². The summed E-state index contributed by atoms with van der Waals surface area (Å²) in [6.07, 6.45) is 0.586. The van der Waals surface area contributed by atoms with Crippen LogP contribution in [0.4, 0.5) is 4.39 Å². The van der Waals surface area contributed by atoms with Gasteiger partial charge >= 0.3 is 0 Å². The summed E-state index contributed by atoms with van der Waals surface area (Å²) in [5.74, 6) is -0.172. The summed E-state index contributed by atoms with van der Waals surface area (Å²) >= 11 is 18.3. The van der Waals surface area contributed by atoms with Crippen LogP contribution in [-0.2, 0) is 4.74 Å². The van der Waals surface area contributed by atoms with Crippen molar-refractivity contribution in [1.82, 2.24) is 29.8 Å². The van der Waals surface area contributed by atoms with Crippen molar-refractivity contribution in [3.05, 3.63) is 75.6 Å². The molecule has 0 spiro atoms. The van der Waals surface area contributed by atoms with Gasteiger partial charge in [-0.3, -0.25) is 4.57 Å². The summed E-state index contributed by atoms with van der Waals surface area (Å²) in [6.45, 7) is -0.440. The van der Waals surface area contributed by atoms with Crippen LogP contribution in [0.3, 0.4) is 0 Å². The molecule has 5 rings (SSSR count). The Labute approximate surface area is 213 Å². The van der Waals surface area contributed by atoms with Crippen molar-refractivity contribution < 1.29 is 19.3 Å². The molecule has 13 heteroatoms. The maximum atomic E-state index is 13.9. The number of hydrogen-bond acceptors (Lipinski definition) is 7. The lowest BCUT2D eigenvalue weighted by atomic mass is 9.95. The van der Waals surface area contributed by atoms with Crippen LogP contribution in [0.2, 0.25) is 15.1 Å². The third kappa shape index (κ3) is 4.65. The standard InChI is InChI=1S/C22H18Cl3FN6O3/c23-12-2-4-14(25)17(6-12)31-10-27-29-22(31)19-7-18(21(34)20(9-33)35-19)32-8-16(28-30-32)11-1-3-13(24)15(26)5-11/h1-6,8,10,18-21,33-34H,7,9H2. The quantitative estimate of drug-likeness (QED) is 0.394. The van der Waals surface area contributed by atoms with Gasteiger partial charge in [-0.1, -0.05) is 46.1 Å². The summed E-state index contributed by atoms with van der Waals surface area (Å²) < 4.78 is 23.0. The summed E-state index contributed by atoms with van der Waals surface area (Å²) in [6, 6.07) is 8.67. The van der Waals surface area contributed by atoms with E-state index in [4.69, 9.17) is 39.5 Å². The molecule has 0 bridgehead atoms.